The van der Waals surface area contributed by atoms with Crippen molar-refractivity contribution in [3.63, 3.8) is 0 Å². The van der Waals surface area contributed by atoms with Gasteiger partial charge in [0.15, 0.2) is 5.82 Å². The Morgan fingerprint density at radius 1 is 1.43 bits per heavy atom. The average Bonchev–Trinajstić information content (AvgIpc) is 2.93. The third kappa shape index (κ3) is 3.38. The molecule has 9 heteroatoms. The van der Waals surface area contributed by atoms with Crippen LogP contribution in [0.15, 0.2) is 24.8 Å². The molecule has 0 fully saturated rings. The molecular formula is C12H10F2N4O3. The standard InChI is InChI=1S/C12H10F2N4O3/c13-9-7(1-2-16-10(9)14)11(19)18-8(12(20)21)3-6-4-15-5-17-6/h1-2,4-5,8H,3H2,(H,15,17)(H,18,19)(H,20,21). The number of halogens is 2. The highest BCUT2D eigenvalue weighted by atomic mass is 19.2. The van der Waals surface area contributed by atoms with E-state index in [0.717, 1.165) is 12.3 Å². The minimum atomic E-state index is -1.43. The number of carbonyl (C=O) groups excluding carboxylic acids is 1. The lowest BCUT2D eigenvalue weighted by atomic mass is 10.1. The smallest absolute Gasteiger partial charge is 0.326 e. The van der Waals surface area contributed by atoms with E-state index in [4.69, 9.17) is 5.11 Å². The molecule has 2 rings (SSSR count). The zero-order chi connectivity index (χ0) is 15.4. The molecule has 110 valence electrons. The maximum atomic E-state index is 13.4. The Morgan fingerprint density at radius 3 is 2.81 bits per heavy atom. The van der Waals surface area contributed by atoms with Crippen LogP contribution in [0.2, 0.25) is 0 Å². The molecule has 2 aromatic heterocycles. The minimum Gasteiger partial charge on any atom is -0.480 e. The number of rotatable bonds is 5. The lowest BCUT2D eigenvalue weighted by molar-refractivity contribution is -0.139. The molecule has 2 heterocycles. The number of hydrogen-bond acceptors (Lipinski definition) is 4. The van der Waals surface area contributed by atoms with Gasteiger partial charge in [-0.1, -0.05) is 0 Å². The van der Waals surface area contributed by atoms with Gasteiger partial charge in [-0.2, -0.15) is 4.39 Å². The highest BCUT2D eigenvalue weighted by Crippen LogP contribution is 2.09. The molecule has 1 amide bonds. The van der Waals surface area contributed by atoms with Gasteiger partial charge in [0.05, 0.1) is 11.9 Å². The molecule has 7 nitrogen and oxygen atoms in total. The van der Waals surface area contributed by atoms with Gasteiger partial charge in [-0.15, -0.1) is 0 Å². The fourth-order valence-corrected chi connectivity index (χ4v) is 1.65. The molecule has 0 aliphatic heterocycles. The molecule has 21 heavy (non-hydrogen) atoms. The molecule has 0 saturated heterocycles. The number of pyridine rings is 1. The summed E-state index contributed by atoms with van der Waals surface area (Å²) in [5.41, 5.74) is -0.137. The maximum Gasteiger partial charge on any atom is 0.326 e. The van der Waals surface area contributed by atoms with Gasteiger partial charge in [0, 0.05) is 24.5 Å². The number of hydrogen-bond donors (Lipinski definition) is 3. The van der Waals surface area contributed by atoms with E-state index in [0.29, 0.717) is 5.69 Å². The van der Waals surface area contributed by atoms with E-state index < -0.39 is 35.2 Å². The van der Waals surface area contributed by atoms with Crippen LogP contribution >= 0.6 is 0 Å². The van der Waals surface area contributed by atoms with Gasteiger partial charge in [0.2, 0.25) is 5.95 Å². The summed E-state index contributed by atoms with van der Waals surface area (Å²) in [6.07, 6.45) is 3.59. The first kappa shape index (κ1) is 14.6. The first-order valence-electron chi connectivity index (χ1n) is 5.80. The number of nitrogens with zero attached hydrogens (tertiary/aromatic N) is 2. The Kier molecular flexibility index (Phi) is 4.21. The topological polar surface area (TPSA) is 108 Å². The number of aromatic nitrogens is 3. The molecule has 0 bridgehead atoms. The number of carboxylic acids is 1. The van der Waals surface area contributed by atoms with Gasteiger partial charge in [-0.05, 0) is 6.07 Å². The van der Waals surface area contributed by atoms with Crippen LogP contribution in [-0.4, -0.2) is 38.0 Å². The molecule has 1 atom stereocenters. The Morgan fingerprint density at radius 2 is 2.19 bits per heavy atom. The molecular weight excluding hydrogens is 286 g/mol. The van der Waals surface area contributed by atoms with Crippen LogP contribution in [0.3, 0.4) is 0 Å². The van der Waals surface area contributed by atoms with Crippen LogP contribution < -0.4 is 5.32 Å². The molecule has 2 aromatic rings. The first-order chi connectivity index (χ1) is 9.99. The highest BCUT2D eigenvalue weighted by molar-refractivity contribution is 5.96. The number of aliphatic carboxylic acids is 1. The van der Waals surface area contributed by atoms with E-state index in [9.17, 15) is 18.4 Å². The van der Waals surface area contributed by atoms with Crippen LogP contribution in [0.4, 0.5) is 8.78 Å². The summed E-state index contributed by atoms with van der Waals surface area (Å²) in [6.45, 7) is 0. The lowest BCUT2D eigenvalue weighted by Gasteiger charge is -2.13. The summed E-state index contributed by atoms with van der Waals surface area (Å²) in [4.78, 5) is 32.4. The SMILES string of the molecule is O=C(NC(Cc1cnc[nH]1)C(=O)O)c1ccnc(F)c1F. The maximum absolute atomic E-state index is 13.4. The molecule has 1 unspecified atom stereocenters. The van der Waals surface area contributed by atoms with Crippen molar-refractivity contribution in [1.82, 2.24) is 20.3 Å². The Balaban J connectivity index is 2.15. The number of carbonyl (C=O) groups is 2. The molecule has 0 saturated carbocycles. The van der Waals surface area contributed by atoms with Gasteiger partial charge in [0.1, 0.15) is 6.04 Å². The number of H-pyrrole nitrogens is 1. The van der Waals surface area contributed by atoms with Gasteiger partial charge < -0.3 is 15.4 Å². The van der Waals surface area contributed by atoms with Crippen molar-refractivity contribution in [1.29, 1.82) is 0 Å². The largest absolute Gasteiger partial charge is 0.480 e. The van der Waals surface area contributed by atoms with E-state index >= 15 is 0 Å². The molecule has 0 aliphatic carbocycles. The van der Waals surface area contributed by atoms with Crippen molar-refractivity contribution in [2.75, 3.05) is 0 Å². The third-order valence-electron chi connectivity index (χ3n) is 2.67. The Labute approximate surface area is 117 Å². The van der Waals surface area contributed by atoms with Crippen LogP contribution in [0.25, 0.3) is 0 Å². The van der Waals surface area contributed by atoms with E-state index in [2.05, 4.69) is 20.3 Å². The van der Waals surface area contributed by atoms with Crippen LogP contribution in [0.1, 0.15) is 16.1 Å². The number of amides is 1. The number of nitrogens with one attached hydrogen (secondary N) is 2. The predicted octanol–water partition coefficient (Wildman–Crippen LogP) is 0.509. The minimum absolute atomic E-state index is 0.0732. The van der Waals surface area contributed by atoms with Gasteiger partial charge in [-0.3, -0.25) is 4.79 Å². The normalized spacial score (nSPS) is 11.9. The fourth-order valence-electron chi connectivity index (χ4n) is 1.65. The van der Waals surface area contributed by atoms with Crippen LogP contribution in [0, 0.1) is 11.8 Å². The monoisotopic (exact) mass is 296 g/mol. The second-order valence-electron chi connectivity index (χ2n) is 4.11. The summed E-state index contributed by atoms with van der Waals surface area (Å²) < 4.78 is 26.4. The van der Waals surface area contributed by atoms with Crippen LogP contribution in [0.5, 0.6) is 0 Å². The van der Waals surface area contributed by atoms with E-state index in [1.165, 1.54) is 12.5 Å². The molecule has 0 spiro atoms. The van der Waals surface area contributed by atoms with Gasteiger partial charge >= 0.3 is 5.97 Å². The Hall–Kier alpha value is -2.84. The second kappa shape index (κ2) is 6.07. The lowest BCUT2D eigenvalue weighted by Crippen LogP contribution is -2.42. The molecule has 3 N–H and O–H groups in total. The van der Waals surface area contributed by atoms with E-state index in [1.54, 1.807) is 0 Å². The zero-order valence-corrected chi connectivity index (χ0v) is 10.5. The fraction of sp³-hybridized carbons (Fsp3) is 0.167. The Bertz CT molecular complexity index is 661. The molecule has 0 aromatic carbocycles. The summed E-state index contributed by atoms with van der Waals surface area (Å²) in [7, 11) is 0. The van der Waals surface area contributed by atoms with Gasteiger partial charge in [0.25, 0.3) is 5.91 Å². The zero-order valence-electron chi connectivity index (χ0n) is 10.5. The summed E-state index contributed by atoms with van der Waals surface area (Å²) >= 11 is 0. The summed E-state index contributed by atoms with van der Waals surface area (Å²) in [5, 5.41) is 11.2. The predicted molar refractivity (Wildman–Crippen MR) is 65.3 cm³/mol. The van der Waals surface area contributed by atoms with Crippen molar-refractivity contribution >= 4 is 11.9 Å². The first-order valence-corrected chi connectivity index (χ1v) is 5.80. The second-order valence-corrected chi connectivity index (χ2v) is 4.11. The number of imidazole rings is 1. The number of aromatic amines is 1. The van der Waals surface area contributed by atoms with Crippen molar-refractivity contribution in [3.8, 4) is 0 Å². The van der Waals surface area contributed by atoms with E-state index in [1.807, 2.05) is 0 Å². The third-order valence-corrected chi connectivity index (χ3v) is 2.67. The summed E-state index contributed by atoms with van der Waals surface area (Å²) in [5.74, 6) is -5.21. The van der Waals surface area contributed by atoms with Crippen molar-refractivity contribution in [2.24, 2.45) is 0 Å². The average molecular weight is 296 g/mol. The van der Waals surface area contributed by atoms with E-state index in [-0.39, 0.29) is 6.42 Å². The van der Waals surface area contributed by atoms with Crippen molar-refractivity contribution in [3.05, 3.63) is 47.8 Å². The van der Waals surface area contributed by atoms with Crippen molar-refractivity contribution in [2.45, 2.75) is 12.5 Å². The van der Waals surface area contributed by atoms with Crippen LogP contribution in [-0.2, 0) is 11.2 Å². The van der Waals surface area contributed by atoms with Gasteiger partial charge in [-0.25, -0.2) is 19.2 Å². The highest BCUT2D eigenvalue weighted by Gasteiger charge is 2.24. The number of carboxylic acid groups (broad SMARTS) is 1. The molecule has 0 radical (unpaired) electrons. The van der Waals surface area contributed by atoms with Crippen molar-refractivity contribution < 1.29 is 23.5 Å². The molecule has 0 aliphatic rings. The quantitative estimate of drug-likeness (QED) is 0.697. The summed E-state index contributed by atoms with van der Waals surface area (Å²) in [6, 6.07) is -0.350.